The standard InChI is InChI=1S/C12H10N2S/c1-2-6-11-10(5-1)14-12-9(8-15-11)4-3-7-13-12/h1-7H,8H2,(H,13,14). The summed E-state index contributed by atoms with van der Waals surface area (Å²) in [7, 11) is 0. The number of hydrogen-bond acceptors (Lipinski definition) is 3. The summed E-state index contributed by atoms with van der Waals surface area (Å²) in [5, 5.41) is 3.37. The van der Waals surface area contributed by atoms with E-state index in [2.05, 4.69) is 34.6 Å². The van der Waals surface area contributed by atoms with E-state index in [-0.39, 0.29) is 0 Å². The van der Waals surface area contributed by atoms with Crippen LogP contribution < -0.4 is 5.32 Å². The number of fused-ring (bicyclic) bond motifs is 2. The predicted molar refractivity (Wildman–Crippen MR) is 63.5 cm³/mol. The van der Waals surface area contributed by atoms with Crippen LogP contribution in [0, 0.1) is 0 Å². The number of anilines is 2. The summed E-state index contributed by atoms with van der Waals surface area (Å²) in [5.74, 6) is 1.96. The number of benzene rings is 1. The second kappa shape index (κ2) is 3.59. The van der Waals surface area contributed by atoms with E-state index in [9.17, 15) is 0 Å². The maximum Gasteiger partial charge on any atom is 0.134 e. The largest absolute Gasteiger partial charge is 0.339 e. The summed E-state index contributed by atoms with van der Waals surface area (Å²) in [6, 6.07) is 12.4. The van der Waals surface area contributed by atoms with Gasteiger partial charge in [-0.25, -0.2) is 4.98 Å². The van der Waals surface area contributed by atoms with Gasteiger partial charge >= 0.3 is 0 Å². The molecule has 1 aliphatic heterocycles. The molecule has 1 aromatic carbocycles. The van der Waals surface area contributed by atoms with Crippen LogP contribution in [0.3, 0.4) is 0 Å². The van der Waals surface area contributed by atoms with Crippen LogP contribution in [0.5, 0.6) is 0 Å². The van der Waals surface area contributed by atoms with Crippen molar-refractivity contribution in [1.29, 1.82) is 0 Å². The van der Waals surface area contributed by atoms with Crippen LogP contribution in [0.4, 0.5) is 11.5 Å². The van der Waals surface area contributed by atoms with E-state index < -0.39 is 0 Å². The van der Waals surface area contributed by atoms with Gasteiger partial charge in [0.25, 0.3) is 0 Å². The van der Waals surface area contributed by atoms with Crippen molar-refractivity contribution in [1.82, 2.24) is 4.98 Å². The smallest absolute Gasteiger partial charge is 0.134 e. The molecule has 1 N–H and O–H groups in total. The van der Waals surface area contributed by atoms with Crippen molar-refractivity contribution in [3.63, 3.8) is 0 Å². The summed E-state index contributed by atoms with van der Waals surface area (Å²) >= 11 is 1.85. The maximum atomic E-state index is 4.35. The van der Waals surface area contributed by atoms with Crippen LogP contribution in [0.1, 0.15) is 5.56 Å². The second-order valence-corrected chi connectivity index (χ2v) is 4.44. The lowest BCUT2D eigenvalue weighted by Gasteiger charge is -2.06. The highest BCUT2D eigenvalue weighted by atomic mass is 32.2. The van der Waals surface area contributed by atoms with Crippen molar-refractivity contribution >= 4 is 23.3 Å². The highest BCUT2D eigenvalue weighted by molar-refractivity contribution is 7.98. The molecule has 2 aromatic rings. The maximum absolute atomic E-state index is 4.35. The Hall–Kier alpha value is -1.48. The molecule has 0 spiro atoms. The summed E-state index contributed by atoms with van der Waals surface area (Å²) < 4.78 is 0. The molecule has 3 rings (SSSR count). The fourth-order valence-electron chi connectivity index (χ4n) is 1.65. The molecule has 0 radical (unpaired) electrons. The van der Waals surface area contributed by atoms with Crippen LogP contribution in [0.15, 0.2) is 47.5 Å². The number of hydrogen-bond donors (Lipinski definition) is 1. The lowest BCUT2D eigenvalue weighted by atomic mass is 10.2. The van der Waals surface area contributed by atoms with E-state index in [0.29, 0.717) is 0 Å². The van der Waals surface area contributed by atoms with Crippen molar-refractivity contribution in [3.8, 4) is 0 Å². The number of nitrogens with zero attached hydrogens (tertiary/aromatic N) is 1. The number of nitrogens with one attached hydrogen (secondary N) is 1. The zero-order valence-corrected chi connectivity index (χ0v) is 8.92. The van der Waals surface area contributed by atoms with Crippen molar-refractivity contribution < 1.29 is 0 Å². The first-order valence-corrected chi connectivity index (χ1v) is 5.85. The fraction of sp³-hybridized carbons (Fsp3) is 0.0833. The number of pyridine rings is 1. The minimum atomic E-state index is 0.979. The molecule has 2 nitrogen and oxygen atoms in total. The summed E-state index contributed by atoms with van der Waals surface area (Å²) in [5.41, 5.74) is 2.42. The highest BCUT2D eigenvalue weighted by Gasteiger charge is 2.12. The molecule has 74 valence electrons. The summed E-state index contributed by atoms with van der Waals surface area (Å²) in [4.78, 5) is 5.64. The topological polar surface area (TPSA) is 24.9 Å². The molecule has 0 bridgehead atoms. The summed E-state index contributed by atoms with van der Waals surface area (Å²) in [6.07, 6.45) is 1.82. The van der Waals surface area contributed by atoms with E-state index in [1.165, 1.54) is 10.5 Å². The van der Waals surface area contributed by atoms with Crippen LogP contribution >= 0.6 is 11.8 Å². The van der Waals surface area contributed by atoms with Gasteiger partial charge in [-0.1, -0.05) is 18.2 Å². The lowest BCUT2D eigenvalue weighted by Crippen LogP contribution is -1.95. The Morgan fingerprint density at radius 3 is 3.07 bits per heavy atom. The normalized spacial score (nSPS) is 13.3. The molecule has 0 atom stereocenters. The molecular weight excluding hydrogens is 204 g/mol. The van der Waals surface area contributed by atoms with E-state index >= 15 is 0 Å². The van der Waals surface area contributed by atoms with Gasteiger partial charge in [0.15, 0.2) is 0 Å². The Morgan fingerprint density at radius 2 is 2.07 bits per heavy atom. The number of aromatic nitrogens is 1. The minimum absolute atomic E-state index is 0.979. The van der Waals surface area contributed by atoms with Gasteiger partial charge in [0.1, 0.15) is 5.82 Å². The molecule has 2 heterocycles. The van der Waals surface area contributed by atoms with Crippen LogP contribution in [0.25, 0.3) is 0 Å². The molecule has 0 unspecified atom stereocenters. The van der Waals surface area contributed by atoms with Gasteiger partial charge in [-0.05, 0) is 18.2 Å². The summed E-state index contributed by atoms with van der Waals surface area (Å²) in [6.45, 7) is 0. The lowest BCUT2D eigenvalue weighted by molar-refractivity contribution is 1.25. The average molecular weight is 214 g/mol. The van der Waals surface area contributed by atoms with Gasteiger partial charge in [0.05, 0.1) is 5.69 Å². The number of thioether (sulfide) groups is 1. The fourth-order valence-corrected chi connectivity index (χ4v) is 2.64. The molecule has 3 heteroatoms. The Morgan fingerprint density at radius 1 is 1.13 bits per heavy atom. The van der Waals surface area contributed by atoms with Gasteiger partial charge < -0.3 is 5.32 Å². The SMILES string of the molecule is c1cnc2c(c1)CSc1ccccc1N2. The Bertz CT molecular complexity index is 451. The molecule has 1 aromatic heterocycles. The van der Waals surface area contributed by atoms with Gasteiger partial charge in [-0.15, -0.1) is 11.8 Å². The number of para-hydroxylation sites is 1. The number of rotatable bonds is 0. The van der Waals surface area contributed by atoms with Gasteiger partial charge in [0.2, 0.25) is 0 Å². The first-order valence-electron chi connectivity index (χ1n) is 4.86. The van der Waals surface area contributed by atoms with Crippen molar-refractivity contribution in [2.45, 2.75) is 10.6 Å². The third kappa shape index (κ3) is 1.59. The molecule has 0 aliphatic carbocycles. The molecule has 15 heavy (non-hydrogen) atoms. The Kier molecular flexibility index (Phi) is 2.10. The van der Waals surface area contributed by atoms with Crippen LogP contribution in [-0.4, -0.2) is 4.98 Å². The first-order chi connectivity index (χ1) is 7.43. The minimum Gasteiger partial charge on any atom is -0.339 e. The zero-order valence-electron chi connectivity index (χ0n) is 8.10. The third-order valence-corrected chi connectivity index (χ3v) is 3.54. The Balaban J connectivity index is 2.10. The van der Waals surface area contributed by atoms with Crippen molar-refractivity contribution in [3.05, 3.63) is 48.2 Å². The molecule has 1 aliphatic rings. The zero-order chi connectivity index (χ0) is 10.1. The average Bonchev–Trinajstić information content (AvgIpc) is 2.48. The van der Waals surface area contributed by atoms with Crippen LogP contribution in [0.2, 0.25) is 0 Å². The highest BCUT2D eigenvalue weighted by Crippen LogP contribution is 2.36. The predicted octanol–water partition coefficient (Wildman–Crippen LogP) is 3.43. The Labute approximate surface area is 92.7 Å². The molecule has 0 saturated carbocycles. The quantitative estimate of drug-likeness (QED) is 0.727. The van der Waals surface area contributed by atoms with E-state index in [1.54, 1.807) is 0 Å². The van der Waals surface area contributed by atoms with Gasteiger partial charge in [-0.2, -0.15) is 0 Å². The molecule has 0 fully saturated rings. The first kappa shape index (κ1) is 8.80. The van der Waals surface area contributed by atoms with Gasteiger partial charge in [-0.3, -0.25) is 0 Å². The molecule has 0 saturated heterocycles. The molecular formula is C12H10N2S. The van der Waals surface area contributed by atoms with Crippen LogP contribution in [-0.2, 0) is 5.75 Å². The van der Waals surface area contributed by atoms with Crippen molar-refractivity contribution in [2.75, 3.05) is 5.32 Å². The van der Waals surface area contributed by atoms with Gasteiger partial charge in [0, 0.05) is 22.4 Å². The third-order valence-electron chi connectivity index (χ3n) is 2.41. The van der Waals surface area contributed by atoms with E-state index in [4.69, 9.17) is 0 Å². The monoisotopic (exact) mass is 214 g/mol. The van der Waals surface area contributed by atoms with Crippen molar-refractivity contribution in [2.24, 2.45) is 0 Å². The van der Waals surface area contributed by atoms with E-state index in [1.807, 2.05) is 30.1 Å². The second-order valence-electron chi connectivity index (χ2n) is 3.42. The molecule has 0 amide bonds. The van der Waals surface area contributed by atoms with E-state index in [0.717, 1.165) is 17.3 Å².